The van der Waals surface area contributed by atoms with Crippen molar-refractivity contribution in [2.24, 2.45) is 5.92 Å². The molecule has 0 aromatic heterocycles. The zero-order valence-corrected chi connectivity index (χ0v) is 23.1. The second kappa shape index (κ2) is 11.0. The van der Waals surface area contributed by atoms with E-state index in [1.807, 2.05) is 11.8 Å². The Balaban J connectivity index is 1.45. The molecule has 2 heterocycles. The third kappa shape index (κ3) is 5.99. The Hall–Kier alpha value is -2.09. The molecular formula is C29H37ClF3N3O. The van der Waals surface area contributed by atoms with Crippen molar-refractivity contribution in [1.82, 2.24) is 14.7 Å². The Labute approximate surface area is 223 Å². The molecule has 8 heteroatoms. The van der Waals surface area contributed by atoms with Crippen LogP contribution in [-0.2, 0) is 11.2 Å². The number of carbonyl (C=O) groups is 1. The largest absolute Gasteiger partial charge is 0.337 e. The average Bonchev–Trinajstić information content (AvgIpc) is 3.28. The number of benzene rings is 2. The molecule has 2 aliphatic heterocycles. The summed E-state index contributed by atoms with van der Waals surface area (Å²) in [5, 5.41) is 0.341. The van der Waals surface area contributed by atoms with Gasteiger partial charge in [-0.3, -0.25) is 14.6 Å². The maximum Gasteiger partial charge on any atom is 0.227 e. The predicted molar refractivity (Wildman–Crippen MR) is 141 cm³/mol. The molecule has 4 rings (SSSR count). The van der Waals surface area contributed by atoms with Crippen LogP contribution < -0.4 is 0 Å². The summed E-state index contributed by atoms with van der Waals surface area (Å²) in [4.78, 5) is 20.3. The third-order valence-electron chi connectivity index (χ3n) is 8.00. The molecule has 0 radical (unpaired) electrons. The third-order valence-corrected chi connectivity index (χ3v) is 8.23. The highest BCUT2D eigenvalue weighted by Gasteiger charge is 2.45. The summed E-state index contributed by atoms with van der Waals surface area (Å²) < 4.78 is 43.2. The molecule has 0 bridgehead atoms. The highest BCUT2D eigenvalue weighted by atomic mass is 35.5. The van der Waals surface area contributed by atoms with E-state index in [1.165, 1.54) is 6.07 Å². The van der Waals surface area contributed by atoms with Crippen molar-refractivity contribution in [3.63, 3.8) is 0 Å². The molecule has 2 fully saturated rings. The van der Waals surface area contributed by atoms with Crippen LogP contribution in [0.25, 0.3) is 0 Å². The Kier molecular flexibility index (Phi) is 8.27. The summed E-state index contributed by atoms with van der Waals surface area (Å²) in [5.74, 6) is -2.49. The second-order valence-corrected chi connectivity index (χ2v) is 12.0. The molecule has 2 aliphatic rings. The van der Waals surface area contributed by atoms with Crippen LogP contribution in [0, 0.1) is 30.3 Å². The van der Waals surface area contributed by atoms with E-state index < -0.39 is 11.6 Å². The van der Waals surface area contributed by atoms with Crippen LogP contribution in [0.2, 0.25) is 5.02 Å². The molecule has 2 aromatic carbocycles. The van der Waals surface area contributed by atoms with Crippen LogP contribution in [0.3, 0.4) is 0 Å². The molecule has 0 saturated carbocycles. The van der Waals surface area contributed by atoms with E-state index in [4.69, 9.17) is 11.6 Å². The van der Waals surface area contributed by atoms with Gasteiger partial charge in [-0.05, 0) is 69.9 Å². The molecule has 37 heavy (non-hydrogen) atoms. The monoisotopic (exact) mass is 535 g/mol. The maximum atomic E-state index is 14.9. The van der Waals surface area contributed by atoms with Gasteiger partial charge in [0.1, 0.15) is 5.82 Å². The van der Waals surface area contributed by atoms with Crippen molar-refractivity contribution in [3.05, 3.63) is 69.5 Å². The number of carbonyl (C=O) groups excluding carboxylic acids is 1. The van der Waals surface area contributed by atoms with Gasteiger partial charge in [0.2, 0.25) is 5.91 Å². The molecule has 202 valence electrons. The number of hydrogen-bond donors (Lipinski definition) is 0. The summed E-state index contributed by atoms with van der Waals surface area (Å²) in [6.07, 6.45) is 0.408. The first-order chi connectivity index (χ1) is 17.4. The first kappa shape index (κ1) is 27.9. The SMILES string of the molecule is Cc1ccc(CCN2CCN(C(=O)[C@@H]3CN(C(C)(C)C)C[C@H]3c3ccc(Cl)cc3F)[C@@H](C)C2)c(F)c1F. The number of halogens is 4. The molecule has 1 amide bonds. The van der Waals surface area contributed by atoms with Crippen LogP contribution in [0.4, 0.5) is 13.2 Å². The maximum absolute atomic E-state index is 14.9. The lowest BCUT2D eigenvalue weighted by Gasteiger charge is -2.41. The minimum absolute atomic E-state index is 0.0414. The lowest BCUT2D eigenvalue weighted by molar-refractivity contribution is -0.140. The first-order valence-corrected chi connectivity index (χ1v) is 13.4. The van der Waals surface area contributed by atoms with Gasteiger partial charge in [-0.2, -0.15) is 0 Å². The fourth-order valence-corrected chi connectivity index (χ4v) is 5.81. The van der Waals surface area contributed by atoms with E-state index in [1.54, 1.807) is 31.2 Å². The van der Waals surface area contributed by atoms with E-state index in [0.717, 1.165) is 0 Å². The van der Waals surface area contributed by atoms with Crippen molar-refractivity contribution in [3.8, 4) is 0 Å². The van der Waals surface area contributed by atoms with Crippen molar-refractivity contribution in [2.75, 3.05) is 39.3 Å². The molecular weight excluding hydrogens is 499 g/mol. The number of rotatable bonds is 5. The van der Waals surface area contributed by atoms with Gasteiger partial charge in [0, 0.05) is 61.8 Å². The Morgan fingerprint density at radius 3 is 2.41 bits per heavy atom. The van der Waals surface area contributed by atoms with Crippen LogP contribution >= 0.6 is 11.6 Å². The van der Waals surface area contributed by atoms with Crippen molar-refractivity contribution in [1.29, 1.82) is 0 Å². The van der Waals surface area contributed by atoms with Gasteiger partial charge in [0.25, 0.3) is 0 Å². The molecule has 3 atom stereocenters. The van der Waals surface area contributed by atoms with E-state index in [2.05, 4.69) is 30.6 Å². The Morgan fingerprint density at radius 2 is 1.76 bits per heavy atom. The highest BCUT2D eigenvalue weighted by molar-refractivity contribution is 6.30. The summed E-state index contributed by atoms with van der Waals surface area (Å²) >= 11 is 6.00. The summed E-state index contributed by atoms with van der Waals surface area (Å²) in [7, 11) is 0. The number of hydrogen-bond acceptors (Lipinski definition) is 3. The molecule has 0 spiro atoms. The number of nitrogens with zero attached hydrogens (tertiary/aromatic N) is 3. The number of piperazine rings is 1. The quantitative estimate of drug-likeness (QED) is 0.494. The van der Waals surface area contributed by atoms with Crippen molar-refractivity contribution in [2.45, 2.75) is 58.5 Å². The normalized spacial score (nSPS) is 23.6. The van der Waals surface area contributed by atoms with Gasteiger partial charge < -0.3 is 4.90 Å². The molecule has 0 N–H and O–H groups in total. The van der Waals surface area contributed by atoms with Crippen molar-refractivity contribution < 1.29 is 18.0 Å². The van der Waals surface area contributed by atoms with Crippen LogP contribution in [0.1, 0.15) is 50.3 Å². The molecule has 2 saturated heterocycles. The van der Waals surface area contributed by atoms with Gasteiger partial charge in [0.05, 0.1) is 5.92 Å². The highest BCUT2D eigenvalue weighted by Crippen LogP contribution is 2.39. The van der Waals surface area contributed by atoms with Crippen LogP contribution in [0.5, 0.6) is 0 Å². The molecule has 0 unspecified atom stereocenters. The van der Waals surface area contributed by atoms with Crippen LogP contribution in [-0.4, -0.2) is 71.5 Å². The topological polar surface area (TPSA) is 26.8 Å². The molecule has 0 aliphatic carbocycles. The van der Waals surface area contributed by atoms with Gasteiger partial charge in [-0.15, -0.1) is 0 Å². The van der Waals surface area contributed by atoms with Gasteiger partial charge in [-0.25, -0.2) is 13.2 Å². The average molecular weight is 536 g/mol. The number of aryl methyl sites for hydroxylation is 1. The van der Waals surface area contributed by atoms with Gasteiger partial charge in [0.15, 0.2) is 11.6 Å². The Morgan fingerprint density at radius 1 is 1.03 bits per heavy atom. The number of likely N-dealkylation sites (tertiary alicyclic amines) is 1. The molecule has 4 nitrogen and oxygen atoms in total. The van der Waals surface area contributed by atoms with E-state index in [0.29, 0.717) is 67.4 Å². The van der Waals surface area contributed by atoms with E-state index >= 15 is 0 Å². The summed E-state index contributed by atoms with van der Waals surface area (Å²) in [6.45, 7) is 13.5. The number of amides is 1. The van der Waals surface area contributed by atoms with E-state index in [-0.39, 0.29) is 35.1 Å². The van der Waals surface area contributed by atoms with Gasteiger partial charge >= 0.3 is 0 Å². The Bertz CT molecular complexity index is 1150. The fourth-order valence-electron chi connectivity index (χ4n) is 5.65. The molecule has 2 aromatic rings. The smallest absolute Gasteiger partial charge is 0.227 e. The summed E-state index contributed by atoms with van der Waals surface area (Å²) in [6, 6.07) is 7.93. The lowest BCUT2D eigenvalue weighted by Crippen LogP contribution is -2.56. The first-order valence-electron chi connectivity index (χ1n) is 13.0. The predicted octanol–water partition coefficient (Wildman–Crippen LogP) is 5.66. The lowest BCUT2D eigenvalue weighted by atomic mass is 9.87. The minimum Gasteiger partial charge on any atom is -0.337 e. The standard InChI is InChI=1S/C29H37ClF3N3O/c1-18-6-7-20(27(33)26(18)32)10-11-34-12-13-36(19(2)15-34)28(37)24-17-35(29(3,4)5)16-23(24)22-9-8-21(30)14-25(22)31/h6-9,14,19,23-24H,10-13,15-17H2,1-5H3/t19-,23-,24+/m0/s1. The zero-order valence-electron chi connectivity index (χ0n) is 22.3. The van der Waals surface area contributed by atoms with E-state index in [9.17, 15) is 18.0 Å². The van der Waals surface area contributed by atoms with Crippen LogP contribution in [0.15, 0.2) is 30.3 Å². The zero-order chi connectivity index (χ0) is 27.1. The second-order valence-electron chi connectivity index (χ2n) is 11.6. The fraction of sp³-hybridized carbons (Fsp3) is 0.552. The minimum atomic E-state index is -0.783. The van der Waals surface area contributed by atoms with Crippen molar-refractivity contribution >= 4 is 17.5 Å². The summed E-state index contributed by atoms with van der Waals surface area (Å²) in [5.41, 5.74) is 1.06. The van der Waals surface area contributed by atoms with Gasteiger partial charge in [-0.1, -0.05) is 29.8 Å².